The summed E-state index contributed by atoms with van der Waals surface area (Å²) in [5.74, 6) is 0.459. The van der Waals surface area contributed by atoms with Crippen LogP contribution in [0.1, 0.15) is 33.0 Å². The quantitative estimate of drug-likeness (QED) is 0.749. The highest BCUT2D eigenvalue weighted by atomic mass is 79.9. The van der Waals surface area contributed by atoms with E-state index in [1.54, 1.807) is 0 Å². The van der Waals surface area contributed by atoms with Crippen molar-refractivity contribution in [3.05, 3.63) is 52.0 Å². The number of alkyl halides is 1. The third-order valence-electron chi connectivity index (χ3n) is 2.70. The molecule has 0 saturated heterocycles. The van der Waals surface area contributed by atoms with E-state index in [0.717, 1.165) is 0 Å². The number of pyridine rings is 1. The molecule has 2 aromatic rings. The number of hydrogen-bond donors (Lipinski definition) is 0. The van der Waals surface area contributed by atoms with Crippen LogP contribution < -0.4 is 0 Å². The van der Waals surface area contributed by atoms with Crippen LogP contribution in [0.3, 0.4) is 0 Å². The van der Waals surface area contributed by atoms with Gasteiger partial charge in [-0.25, -0.2) is 0 Å². The van der Waals surface area contributed by atoms with Gasteiger partial charge in [0.05, 0.1) is 4.83 Å². The van der Waals surface area contributed by atoms with Crippen molar-refractivity contribution in [3.63, 3.8) is 0 Å². The average molecular weight is 296 g/mol. The lowest BCUT2D eigenvalue weighted by Crippen LogP contribution is -2.00. The van der Waals surface area contributed by atoms with E-state index in [9.17, 15) is 0 Å². The van der Waals surface area contributed by atoms with Crippen LogP contribution in [0.5, 0.6) is 0 Å². The molecular weight excluding hydrogens is 282 g/mol. The van der Waals surface area contributed by atoms with Crippen LogP contribution >= 0.6 is 27.3 Å². The van der Waals surface area contributed by atoms with Crippen LogP contribution in [0, 0.1) is 6.92 Å². The summed E-state index contributed by atoms with van der Waals surface area (Å²) in [5.41, 5.74) is 1.32. The Balaban J connectivity index is 2.19. The summed E-state index contributed by atoms with van der Waals surface area (Å²) in [6.07, 6.45) is 3.70. The molecule has 2 atom stereocenters. The molecule has 0 radical (unpaired) electrons. The molecular formula is C13H14BrNS. The molecule has 2 heterocycles. The number of nitrogens with zero attached hydrogens (tertiary/aromatic N) is 1. The Morgan fingerprint density at radius 1 is 1.19 bits per heavy atom. The van der Waals surface area contributed by atoms with E-state index >= 15 is 0 Å². The lowest BCUT2D eigenvalue weighted by atomic mass is 9.98. The van der Waals surface area contributed by atoms with E-state index in [1.165, 1.54) is 15.3 Å². The van der Waals surface area contributed by atoms with Gasteiger partial charge < -0.3 is 0 Å². The fourth-order valence-electron chi connectivity index (χ4n) is 1.68. The fraction of sp³-hybridized carbons (Fsp3) is 0.308. The number of rotatable bonds is 3. The second kappa shape index (κ2) is 5.11. The van der Waals surface area contributed by atoms with Crippen molar-refractivity contribution < 1.29 is 0 Å². The average Bonchev–Trinajstić information content (AvgIpc) is 2.75. The Labute approximate surface area is 109 Å². The molecule has 2 aromatic heterocycles. The Morgan fingerprint density at radius 2 is 1.88 bits per heavy atom. The molecule has 0 spiro atoms. The molecule has 0 aliphatic heterocycles. The molecule has 0 saturated carbocycles. The molecule has 3 heteroatoms. The Hall–Kier alpha value is -0.670. The number of hydrogen-bond acceptors (Lipinski definition) is 2. The van der Waals surface area contributed by atoms with Gasteiger partial charge in [-0.05, 0) is 42.7 Å². The Morgan fingerprint density at radius 3 is 2.44 bits per heavy atom. The standard InChI is InChI=1S/C13H14BrNS/c1-9-3-4-12(16-9)13(14)10(2)11-5-7-15-8-6-11/h3-8,10,13H,1-2H3. The lowest BCUT2D eigenvalue weighted by Gasteiger charge is -2.17. The monoisotopic (exact) mass is 295 g/mol. The molecule has 2 unspecified atom stereocenters. The maximum absolute atomic E-state index is 4.05. The van der Waals surface area contributed by atoms with Crippen molar-refractivity contribution in [2.45, 2.75) is 24.6 Å². The van der Waals surface area contributed by atoms with Gasteiger partial charge in [0.2, 0.25) is 0 Å². The van der Waals surface area contributed by atoms with E-state index in [4.69, 9.17) is 0 Å². The Kier molecular flexibility index (Phi) is 3.77. The van der Waals surface area contributed by atoms with E-state index < -0.39 is 0 Å². The van der Waals surface area contributed by atoms with Crippen LogP contribution in [0.2, 0.25) is 0 Å². The predicted octanol–water partition coefficient (Wildman–Crippen LogP) is 4.69. The second-order valence-corrected chi connectivity index (χ2v) is 6.23. The molecule has 0 bridgehead atoms. The molecule has 84 valence electrons. The van der Waals surface area contributed by atoms with Crippen LogP contribution in [0.15, 0.2) is 36.7 Å². The summed E-state index contributed by atoms with van der Waals surface area (Å²) in [5, 5.41) is 0. The fourth-order valence-corrected chi connectivity index (χ4v) is 3.38. The minimum absolute atomic E-state index is 0.383. The zero-order chi connectivity index (χ0) is 11.5. The van der Waals surface area contributed by atoms with E-state index in [2.05, 4.69) is 59.0 Å². The predicted molar refractivity (Wildman–Crippen MR) is 73.4 cm³/mol. The van der Waals surface area contributed by atoms with Crippen molar-refractivity contribution in [1.29, 1.82) is 0 Å². The minimum atomic E-state index is 0.383. The van der Waals surface area contributed by atoms with Crippen molar-refractivity contribution in [3.8, 4) is 0 Å². The molecule has 0 amide bonds. The van der Waals surface area contributed by atoms with Gasteiger partial charge in [0.15, 0.2) is 0 Å². The van der Waals surface area contributed by atoms with Crippen LogP contribution in [0.25, 0.3) is 0 Å². The highest BCUT2D eigenvalue weighted by Crippen LogP contribution is 2.40. The summed E-state index contributed by atoms with van der Waals surface area (Å²) >= 11 is 5.65. The van der Waals surface area contributed by atoms with Crippen LogP contribution in [-0.2, 0) is 0 Å². The molecule has 0 fully saturated rings. The number of aryl methyl sites for hydroxylation is 1. The van der Waals surface area contributed by atoms with Crippen molar-refractivity contribution >= 4 is 27.3 Å². The van der Waals surface area contributed by atoms with Gasteiger partial charge in [-0.2, -0.15) is 0 Å². The van der Waals surface area contributed by atoms with Crippen LogP contribution in [-0.4, -0.2) is 4.98 Å². The molecule has 0 aliphatic carbocycles. The number of thiophene rings is 1. The highest BCUT2D eigenvalue weighted by Gasteiger charge is 2.19. The largest absolute Gasteiger partial charge is 0.265 e. The molecule has 0 N–H and O–H groups in total. The number of halogens is 1. The first-order chi connectivity index (χ1) is 7.68. The normalized spacial score (nSPS) is 14.7. The molecule has 1 nitrogen and oxygen atoms in total. The highest BCUT2D eigenvalue weighted by molar-refractivity contribution is 9.09. The van der Waals surface area contributed by atoms with E-state index in [0.29, 0.717) is 10.7 Å². The van der Waals surface area contributed by atoms with Gasteiger partial charge in [-0.1, -0.05) is 22.9 Å². The summed E-state index contributed by atoms with van der Waals surface area (Å²) in [6.45, 7) is 4.38. The second-order valence-electron chi connectivity index (χ2n) is 3.92. The van der Waals surface area contributed by atoms with E-state index in [1.807, 2.05) is 23.7 Å². The van der Waals surface area contributed by atoms with Gasteiger partial charge in [0.1, 0.15) is 0 Å². The summed E-state index contributed by atoms with van der Waals surface area (Å²) < 4.78 is 0. The summed E-state index contributed by atoms with van der Waals surface area (Å²) in [7, 11) is 0. The third-order valence-corrected chi connectivity index (χ3v) is 5.38. The maximum atomic E-state index is 4.05. The van der Waals surface area contributed by atoms with Crippen molar-refractivity contribution in [2.75, 3.05) is 0 Å². The smallest absolute Gasteiger partial charge is 0.0555 e. The maximum Gasteiger partial charge on any atom is 0.0555 e. The van der Waals surface area contributed by atoms with Gasteiger partial charge in [0, 0.05) is 22.1 Å². The molecule has 16 heavy (non-hydrogen) atoms. The number of aromatic nitrogens is 1. The van der Waals surface area contributed by atoms with Crippen molar-refractivity contribution in [1.82, 2.24) is 4.98 Å². The van der Waals surface area contributed by atoms with Crippen molar-refractivity contribution in [2.24, 2.45) is 0 Å². The Bertz CT molecular complexity index is 452. The molecule has 2 rings (SSSR count). The summed E-state index contributed by atoms with van der Waals surface area (Å²) in [6, 6.07) is 8.55. The lowest BCUT2D eigenvalue weighted by molar-refractivity contribution is 0.759. The van der Waals surface area contributed by atoms with E-state index in [-0.39, 0.29) is 0 Å². The van der Waals surface area contributed by atoms with Gasteiger partial charge in [0.25, 0.3) is 0 Å². The molecule has 0 aliphatic rings. The third kappa shape index (κ3) is 2.53. The zero-order valence-electron chi connectivity index (χ0n) is 9.35. The first-order valence-corrected chi connectivity index (χ1v) is 7.02. The SMILES string of the molecule is Cc1ccc(C(Br)C(C)c2ccncc2)s1. The topological polar surface area (TPSA) is 12.9 Å². The van der Waals surface area contributed by atoms with Gasteiger partial charge in [-0.15, -0.1) is 11.3 Å². The zero-order valence-corrected chi connectivity index (χ0v) is 11.8. The van der Waals surface area contributed by atoms with Gasteiger partial charge >= 0.3 is 0 Å². The minimum Gasteiger partial charge on any atom is -0.265 e. The first kappa shape index (κ1) is 11.8. The first-order valence-electron chi connectivity index (χ1n) is 5.29. The molecule has 0 aromatic carbocycles. The van der Waals surface area contributed by atoms with Gasteiger partial charge in [-0.3, -0.25) is 4.98 Å². The van der Waals surface area contributed by atoms with Crippen LogP contribution in [0.4, 0.5) is 0 Å². The summed E-state index contributed by atoms with van der Waals surface area (Å²) in [4.78, 5) is 7.19.